The molecule has 5 atom stereocenters. The summed E-state index contributed by atoms with van der Waals surface area (Å²) in [6.07, 6.45) is 0.449. The number of nitrogens with one attached hydrogen (secondary N) is 1. The Morgan fingerprint density at radius 2 is 1.95 bits per heavy atom. The van der Waals surface area contributed by atoms with E-state index < -0.39 is 0 Å². The van der Waals surface area contributed by atoms with Crippen molar-refractivity contribution in [3.63, 3.8) is 0 Å². The van der Waals surface area contributed by atoms with E-state index in [-0.39, 0.29) is 36.3 Å². The van der Waals surface area contributed by atoms with Crippen LogP contribution in [0.15, 0.2) is 0 Å². The van der Waals surface area contributed by atoms with Crippen molar-refractivity contribution in [3.05, 3.63) is 0 Å². The number of β-lactam (4-membered cyclic amide) rings is 1. The predicted octanol–water partition coefficient (Wildman–Crippen LogP) is -0.860. The monoisotopic (exact) mass is 295 g/mol. The molecule has 0 spiro atoms. The highest BCUT2D eigenvalue weighted by molar-refractivity contribution is 5.89. The van der Waals surface area contributed by atoms with Crippen molar-refractivity contribution < 1.29 is 14.7 Å². The molecule has 0 aromatic carbocycles. The second kappa shape index (κ2) is 5.57. The second-order valence-electron chi connectivity index (χ2n) is 6.93. The Morgan fingerprint density at radius 1 is 1.33 bits per heavy atom. The van der Waals surface area contributed by atoms with Crippen molar-refractivity contribution in [1.82, 2.24) is 15.1 Å². The third-order valence-electron chi connectivity index (χ3n) is 5.43. The Labute approximate surface area is 125 Å². The van der Waals surface area contributed by atoms with Crippen molar-refractivity contribution in [2.24, 2.45) is 23.7 Å². The van der Waals surface area contributed by atoms with Crippen LogP contribution in [0, 0.1) is 23.7 Å². The molecule has 0 bridgehead atoms. The van der Waals surface area contributed by atoms with E-state index in [0.29, 0.717) is 18.3 Å². The lowest BCUT2D eigenvalue weighted by molar-refractivity contribution is -0.144. The zero-order valence-electron chi connectivity index (χ0n) is 12.8. The average molecular weight is 295 g/mol. The van der Waals surface area contributed by atoms with Crippen LogP contribution in [0.2, 0.25) is 0 Å². The Morgan fingerprint density at radius 3 is 2.48 bits per heavy atom. The van der Waals surface area contributed by atoms with Crippen LogP contribution in [0.3, 0.4) is 0 Å². The van der Waals surface area contributed by atoms with E-state index in [4.69, 9.17) is 5.11 Å². The summed E-state index contributed by atoms with van der Waals surface area (Å²) < 4.78 is 0. The summed E-state index contributed by atoms with van der Waals surface area (Å²) in [4.78, 5) is 28.5. The molecule has 0 aliphatic carbocycles. The Bertz CT molecular complexity index is 428. The Balaban J connectivity index is 1.57. The van der Waals surface area contributed by atoms with Gasteiger partial charge < -0.3 is 20.2 Å². The first kappa shape index (κ1) is 14.8. The van der Waals surface area contributed by atoms with Gasteiger partial charge in [0, 0.05) is 32.8 Å². The van der Waals surface area contributed by atoms with Crippen molar-refractivity contribution in [2.45, 2.75) is 19.4 Å². The SMILES string of the molecule is C[C@@H](C(=O)N1CC2CN(C)C[C@@H]2C1)[C@H]1NC(=O)[C@H]1CCO. The maximum atomic E-state index is 12.6. The molecule has 3 saturated heterocycles. The number of aliphatic hydroxyl groups excluding tert-OH is 1. The van der Waals surface area contributed by atoms with Gasteiger partial charge in [-0.15, -0.1) is 0 Å². The number of hydrogen-bond acceptors (Lipinski definition) is 4. The van der Waals surface area contributed by atoms with E-state index in [1.165, 1.54) is 0 Å². The molecule has 21 heavy (non-hydrogen) atoms. The molecule has 0 saturated carbocycles. The topological polar surface area (TPSA) is 72.9 Å². The highest BCUT2D eigenvalue weighted by atomic mass is 16.3. The fraction of sp³-hybridized carbons (Fsp3) is 0.867. The van der Waals surface area contributed by atoms with E-state index >= 15 is 0 Å². The van der Waals surface area contributed by atoms with Gasteiger partial charge >= 0.3 is 0 Å². The number of hydrogen-bond donors (Lipinski definition) is 2. The smallest absolute Gasteiger partial charge is 0.227 e. The molecular formula is C15H25N3O3. The Kier molecular flexibility index (Phi) is 3.92. The molecule has 3 aliphatic rings. The number of carbonyl (C=O) groups excluding carboxylic acids is 2. The number of likely N-dealkylation sites (tertiary alicyclic amines) is 2. The molecule has 0 aromatic rings. The first-order chi connectivity index (χ1) is 10.0. The fourth-order valence-electron chi connectivity index (χ4n) is 4.21. The largest absolute Gasteiger partial charge is 0.396 e. The molecule has 1 unspecified atom stereocenters. The number of rotatable bonds is 4. The first-order valence-corrected chi connectivity index (χ1v) is 7.89. The number of nitrogens with zero attached hydrogens (tertiary/aromatic N) is 2. The normalized spacial score (nSPS) is 37.1. The third-order valence-corrected chi connectivity index (χ3v) is 5.43. The lowest BCUT2D eigenvalue weighted by Crippen LogP contribution is -2.63. The molecule has 3 aliphatic heterocycles. The molecule has 6 nitrogen and oxygen atoms in total. The van der Waals surface area contributed by atoms with Gasteiger partial charge in [-0.05, 0) is 25.3 Å². The minimum atomic E-state index is -0.206. The van der Waals surface area contributed by atoms with Crippen molar-refractivity contribution in [3.8, 4) is 0 Å². The standard InChI is InChI=1S/C15H25N3O3/c1-9(13-12(3-4-19)14(20)16-13)15(21)18-7-10-5-17(2)6-11(10)8-18/h9-13,19H,3-8H2,1-2H3,(H,16,20)/t9-,10-,11?,12+,13-/m1/s1. The van der Waals surface area contributed by atoms with E-state index in [1.54, 1.807) is 0 Å². The van der Waals surface area contributed by atoms with Crippen LogP contribution in [-0.4, -0.2) is 72.6 Å². The van der Waals surface area contributed by atoms with Gasteiger partial charge in [0.2, 0.25) is 11.8 Å². The lowest BCUT2D eigenvalue weighted by atomic mass is 9.79. The quantitative estimate of drug-likeness (QED) is 0.662. The second-order valence-corrected chi connectivity index (χ2v) is 6.93. The zero-order chi connectivity index (χ0) is 15.1. The summed E-state index contributed by atoms with van der Waals surface area (Å²) in [7, 11) is 2.14. The summed E-state index contributed by atoms with van der Waals surface area (Å²) >= 11 is 0. The predicted molar refractivity (Wildman–Crippen MR) is 77.3 cm³/mol. The molecule has 3 fully saturated rings. The van der Waals surface area contributed by atoms with Gasteiger partial charge in [-0.3, -0.25) is 9.59 Å². The number of carbonyl (C=O) groups is 2. The summed E-state index contributed by atoms with van der Waals surface area (Å²) in [6.45, 7) is 5.76. The van der Waals surface area contributed by atoms with E-state index in [2.05, 4.69) is 17.3 Å². The van der Waals surface area contributed by atoms with Crippen LogP contribution in [0.4, 0.5) is 0 Å². The van der Waals surface area contributed by atoms with E-state index in [0.717, 1.165) is 26.2 Å². The van der Waals surface area contributed by atoms with E-state index in [9.17, 15) is 9.59 Å². The molecule has 118 valence electrons. The summed E-state index contributed by atoms with van der Waals surface area (Å²) in [5, 5.41) is 11.9. The number of amides is 2. The van der Waals surface area contributed by atoms with Gasteiger partial charge in [-0.25, -0.2) is 0 Å². The van der Waals surface area contributed by atoms with Crippen molar-refractivity contribution >= 4 is 11.8 Å². The summed E-state index contributed by atoms with van der Waals surface area (Å²) in [5.74, 6) is 0.928. The van der Waals surface area contributed by atoms with Gasteiger partial charge in [-0.1, -0.05) is 6.92 Å². The van der Waals surface area contributed by atoms with Crippen LogP contribution in [0.5, 0.6) is 0 Å². The first-order valence-electron chi connectivity index (χ1n) is 7.89. The van der Waals surface area contributed by atoms with Gasteiger partial charge in [0.15, 0.2) is 0 Å². The molecule has 3 rings (SSSR count). The van der Waals surface area contributed by atoms with Gasteiger partial charge in [0.05, 0.1) is 17.9 Å². The maximum absolute atomic E-state index is 12.6. The molecule has 0 radical (unpaired) electrons. The van der Waals surface area contributed by atoms with Crippen LogP contribution >= 0.6 is 0 Å². The van der Waals surface area contributed by atoms with Crippen LogP contribution in [0.25, 0.3) is 0 Å². The zero-order valence-corrected chi connectivity index (χ0v) is 12.8. The highest BCUT2D eigenvalue weighted by Crippen LogP contribution is 2.33. The van der Waals surface area contributed by atoms with Crippen molar-refractivity contribution in [1.29, 1.82) is 0 Å². The minimum absolute atomic E-state index is 0.00427. The van der Waals surface area contributed by atoms with Gasteiger partial charge in [0.25, 0.3) is 0 Å². The van der Waals surface area contributed by atoms with Gasteiger partial charge in [0.1, 0.15) is 0 Å². The third kappa shape index (κ3) is 2.55. The molecular weight excluding hydrogens is 270 g/mol. The Hall–Kier alpha value is -1.14. The molecule has 2 amide bonds. The molecule has 3 heterocycles. The fourth-order valence-corrected chi connectivity index (χ4v) is 4.21. The van der Waals surface area contributed by atoms with E-state index in [1.807, 2.05) is 11.8 Å². The van der Waals surface area contributed by atoms with Crippen LogP contribution in [0.1, 0.15) is 13.3 Å². The van der Waals surface area contributed by atoms with Gasteiger partial charge in [-0.2, -0.15) is 0 Å². The van der Waals surface area contributed by atoms with Crippen LogP contribution < -0.4 is 5.32 Å². The summed E-state index contributed by atoms with van der Waals surface area (Å²) in [5.41, 5.74) is 0. The minimum Gasteiger partial charge on any atom is -0.396 e. The average Bonchev–Trinajstić information content (AvgIpc) is 2.97. The highest BCUT2D eigenvalue weighted by Gasteiger charge is 2.47. The number of fused-ring (bicyclic) bond motifs is 1. The van der Waals surface area contributed by atoms with Crippen molar-refractivity contribution in [2.75, 3.05) is 39.8 Å². The van der Waals surface area contributed by atoms with Crippen LogP contribution in [-0.2, 0) is 9.59 Å². The molecule has 2 N–H and O–H groups in total. The molecule has 6 heteroatoms. The lowest BCUT2D eigenvalue weighted by Gasteiger charge is -2.41. The molecule has 0 aromatic heterocycles. The summed E-state index contributed by atoms with van der Waals surface area (Å²) in [6, 6.07) is -0.111. The maximum Gasteiger partial charge on any atom is 0.227 e. The number of aliphatic hydroxyl groups is 1.